The standard InChI is InChI=1S/C28H30Cl2N4O7S/c1-5-31-28(36)19(3)32(16-20-7-9-21(29)10-8-20)27(35)17-33(25-14-22(30)11-13-26(25)41-4)42(39,40)23-12-6-18(2)24(15-23)34(37)38/h6-15,19H,5,16-17H2,1-4H3,(H,31,36). The number of ether oxygens (including phenoxy) is 1. The van der Waals surface area contributed by atoms with E-state index in [0.717, 1.165) is 10.4 Å². The van der Waals surface area contributed by atoms with Crippen LogP contribution >= 0.6 is 23.2 Å². The molecule has 0 spiro atoms. The van der Waals surface area contributed by atoms with E-state index in [-0.39, 0.29) is 28.6 Å². The molecule has 3 aromatic rings. The minimum Gasteiger partial charge on any atom is -0.495 e. The maximum absolute atomic E-state index is 14.1. The molecule has 1 unspecified atom stereocenters. The maximum Gasteiger partial charge on any atom is 0.273 e. The number of nitrogens with one attached hydrogen (secondary N) is 1. The number of nitrogens with zero attached hydrogens (tertiary/aromatic N) is 3. The number of aryl methyl sites for hydroxylation is 1. The minimum absolute atomic E-state index is 0.0368. The number of carbonyl (C=O) groups excluding carboxylic acids is 2. The molecule has 42 heavy (non-hydrogen) atoms. The van der Waals surface area contributed by atoms with Crippen molar-refractivity contribution in [3.63, 3.8) is 0 Å². The summed E-state index contributed by atoms with van der Waals surface area (Å²) in [6, 6.07) is 13.3. The first-order valence-electron chi connectivity index (χ1n) is 12.7. The third kappa shape index (κ3) is 7.50. The Bertz CT molecular complexity index is 1580. The smallest absolute Gasteiger partial charge is 0.273 e. The van der Waals surface area contributed by atoms with Crippen LogP contribution in [-0.4, -0.2) is 56.3 Å². The van der Waals surface area contributed by atoms with Gasteiger partial charge in [-0.15, -0.1) is 0 Å². The molecule has 0 saturated heterocycles. The van der Waals surface area contributed by atoms with Crippen molar-refractivity contribution in [3.8, 4) is 5.75 Å². The lowest BCUT2D eigenvalue weighted by atomic mass is 10.1. The number of hydrogen-bond donors (Lipinski definition) is 1. The van der Waals surface area contributed by atoms with Crippen LogP contribution in [0.4, 0.5) is 11.4 Å². The predicted octanol–water partition coefficient (Wildman–Crippen LogP) is 4.97. The molecule has 0 fully saturated rings. The Labute approximate surface area is 254 Å². The number of nitro benzene ring substituents is 1. The van der Waals surface area contributed by atoms with Gasteiger partial charge in [0.2, 0.25) is 11.8 Å². The van der Waals surface area contributed by atoms with Crippen molar-refractivity contribution < 1.29 is 27.7 Å². The highest BCUT2D eigenvalue weighted by Gasteiger charge is 2.34. The monoisotopic (exact) mass is 636 g/mol. The number of likely N-dealkylation sites (N-methyl/N-ethyl adjacent to an activating group) is 1. The van der Waals surface area contributed by atoms with E-state index in [1.807, 2.05) is 0 Å². The van der Waals surface area contributed by atoms with Gasteiger partial charge in [0.1, 0.15) is 18.3 Å². The number of methoxy groups -OCH3 is 1. The van der Waals surface area contributed by atoms with Gasteiger partial charge in [0.05, 0.1) is 22.6 Å². The van der Waals surface area contributed by atoms with E-state index in [9.17, 15) is 28.1 Å². The van der Waals surface area contributed by atoms with E-state index in [1.165, 1.54) is 56.2 Å². The van der Waals surface area contributed by atoms with Gasteiger partial charge in [-0.1, -0.05) is 41.4 Å². The normalized spacial score (nSPS) is 11.9. The molecule has 1 N–H and O–H groups in total. The summed E-state index contributed by atoms with van der Waals surface area (Å²) >= 11 is 12.2. The Kier molecular flexibility index (Phi) is 10.8. The van der Waals surface area contributed by atoms with E-state index in [4.69, 9.17) is 27.9 Å². The summed E-state index contributed by atoms with van der Waals surface area (Å²) in [7, 11) is -3.30. The molecule has 0 bridgehead atoms. The van der Waals surface area contributed by atoms with Crippen molar-refractivity contribution in [2.75, 3.05) is 24.5 Å². The molecule has 0 aliphatic heterocycles. The second kappa shape index (κ2) is 13.9. The van der Waals surface area contributed by atoms with E-state index in [1.54, 1.807) is 31.2 Å². The van der Waals surface area contributed by atoms with Crippen LogP contribution in [0.5, 0.6) is 5.75 Å². The van der Waals surface area contributed by atoms with E-state index in [2.05, 4.69) is 5.32 Å². The topological polar surface area (TPSA) is 139 Å². The van der Waals surface area contributed by atoms with Gasteiger partial charge in [-0.05, 0) is 62.7 Å². The van der Waals surface area contributed by atoms with Crippen LogP contribution in [0.1, 0.15) is 25.0 Å². The van der Waals surface area contributed by atoms with Crippen molar-refractivity contribution >= 4 is 56.4 Å². The van der Waals surface area contributed by atoms with Crippen LogP contribution in [0.2, 0.25) is 10.0 Å². The number of amides is 2. The second-order valence-corrected chi connectivity index (χ2v) is 12.0. The third-order valence-corrected chi connectivity index (χ3v) is 8.68. The van der Waals surface area contributed by atoms with Gasteiger partial charge >= 0.3 is 0 Å². The minimum atomic E-state index is -4.61. The second-order valence-electron chi connectivity index (χ2n) is 9.25. The fourth-order valence-electron chi connectivity index (χ4n) is 4.14. The van der Waals surface area contributed by atoms with Crippen LogP contribution < -0.4 is 14.4 Å². The van der Waals surface area contributed by atoms with Crippen LogP contribution in [-0.2, 0) is 26.2 Å². The summed E-state index contributed by atoms with van der Waals surface area (Å²) in [5.74, 6) is -1.09. The molecule has 11 nitrogen and oxygen atoms in total. The fourth-order valence-corrected chi connectivity index (χ4v) is 5.87. The van der Waals surface area contributed by atoms with Gasteiger partial charge in [-0.25, -0.2) is 8.42 Å². The Morgan fingerprint density at radius 2 is 1.69 bits per heavy atom. The highest BCUT2D eigenvalue weighted by atomic mass is 35.5. The highest BCUT2D eigenvalue weighted by molar-refractivity contribution is 7.92. The van der Waals surface area contributed by atoms with Crippen LogP contribution in [0, 0.1) is 17.0 Å². The number of rotatable bonds is 12. The lowest BCUT2D eigenvalue weighted by Gasteiger charge is -2.32. The number of carbonyl (C=O) groups is 2. The number of benzene rings is 3. The molecule has 0 radical (unpaired) electrons. The van der Waals surface area contributed by atoms with Gasteiger partial charge < -0.3 is 15.0 Å². The quantitative estimate of drug-likeness (QED) is 0.219. The number of sulfonamides is 1. The van der Waals surface area contributed by atoms with Gasteiger partial charge in [-0.3, -0.25) is 24.0 Å². The molecule has 0 saturated carbocycles. The average molecular weight is 638 g/mol. The molecule has 14 heteroatoms. The first kappa shape index (κ1) is 32.6. The number of hydrogen-bond acceptors (Lipinski definition) is 7. The molecule has 1 atom stereocenters. The van der Waals surface area contributed by atoms with E-state index < -0.39 is 49.9 Å². The molecule has 0 aliphatic carbocycles. The summed E-state index contributed by atoms with van der Waals surface area (Å²) in [4.78, 5) is 38.5. The van der Waals surface area contributed by atoms with Gasteiger partial charge in [0, 0.05) is 34.8 Å². The van der Waals surface area contributed by atoms with Crippen LogP contribution in [0.3, 0.4) is 0 Å². The van der Waals surface area contributed by atoms with Gasteiger partial charge in [0.15, 0.2) is 0 Å². The summed E-state index contributed by atoms with van der Waals surface area (Å²) in [5.41, 5.74) is 0.424. The number of anilines is 1. The third-order valence-electron chi connectivity index (χ3n) is 6.44. The molecular formula is C28H30Cl2N4O7S. The molecule has 0 aromatic heterocycles. The largest absolute Gasteiger partial charge is 0.495 e. The summed E-state index contributed by atoms with van der Waals surface area (Å²) < 4.78 is 34.4. The first-order chi connectivity index (χ1) is 19.8. The molecular weight excluding hydrogens is 607 g/mol. The van der Waals surface area contributed by atoms with Gasteiger partial charge in [-0.2, -0.15) is 0 Å². The Balaban J connectivity index is 2.16. The Morgan fingerprint density at radius 1 is 1.05 bits per heavy atom. The van der Waals surface area contributed by atoms with E-state index in [0.29, 0.717) is 17.1 Å². The van der Waals surface area contributed by atoms with Crippen molar-refractivity contribution in [1.82, 2.24) is 10.2 Å². The lowest BCUT2D eigenvalue weighted by Crippen LogP contribution is -2.51. The molecule has 0 aliphatic rings. The average Bonchev–Trinajstić information content (AvgIpc) is 2.95. The maximum atomic E-state index is 14.1. The molecule has 0 heterocycles. The SMILES string of the molecule is CCNC(=O)C(C)N(Cc1ccc(Cl)cc1)C(=O)CN(c1cc(Cl)ccc1OC)S(=O)(=O)c1ccc(C)c([N+](=O)[O-])c1. The van der Waals surface area contributed by atoms with Crippen LogP contribution in [0.15, 0.2) is 65.6 Å². The van der Waals surface area contributed by atoms with Gasteiger partial charge in [0.25, 0.3) is 15.7 Å². The molecule has 2 amide bonds. The molecule has 3 rings (SSSR count). The van der Waals surface area contributed by atoms with E-state index >= 15 is 0 Å². The zero-order valence-electron chi connectivity index (χ0n) is 23.3. The number of nitro groups is 1. The van der Waals surface area contributed by atoms with Crippen molar-refractivity contribution in [1.29, 1.82) is 0 Å². The predicted molar refractivity (Wildman–Crippen MR) is 161 cm³/mol. The zero-order chi connectivity index (χ0) is 31.2. The van der Waals surface area contributed by atoms with Crippen molar-refractivity contribution in [2.24, 2.45) is 0 Å². The fraction of sp³-hybridized carbons (Fsp3) is 0.286. The molecule has 3 aromatic carbocycles. The Morgan fingerprint density at radius 3 is 2.29 bits per heavy atom. The molecule has 224 valence electrons. The zero-order valence-corrected chi connectivity index (χ0v) is 25.7. The summed E-state index contributed by atoms with van der Waals surface area (Å²) in [6.07, 6.45) is 0. The van der Waals surface area contributed by atoms with Crippen molar-refractivity contribution in [2.45, 2.75) is 38.3 Å². The Hall–Kier alpha value is -3.87. The summed E-state index contributed by atoms with van der Waals surface area (Å²) in [6.45, 7) is 4.24. The lowest BCUT2D eigenvalue weighted by molar-refractivity contribution is -0.385. The van der Waals surface area contributed by atoms with Crippen molar-refractivity contribution in [3.05, 3.63) is 92.0 Å². The first-order valence-corrected chi connectivity index (χ1v) is 14.9. The van der Waals surface area contributed by atoms with Crippen LogP contribution in [0.25, 0.3) is 0 Å². The summed E-state index contributed by atoms with van der Waals surface area (Å²) in [5, 5.41) is 14.9. The highest BCUT2D eigenvalue weighted by Crippen LogP contribution is 2.36. The number of halogens is 2.